The second kappa shape index (κ2) is 7.70. The number of hydrogen-bond acceptors (Lipinski definition) is 5. The summed E-state index contributed by atoms with van der Waals surface area (Å²) in [6.07, 6.45) is 0. The zero-order valence-electron chi connectivity index (χ0n) is 16.7. The molecule has 0 aromatic heterocycles. The molecule has 2 aliphatic heterocycles. The fraction of sp³-hybridized carbons (Fsp3) is 0.0833. The van der Waals surface area contributed by atoms with E-state index in [2.05, 4.69) is 0 Å². The van der Waals surface area contributed by atoms with Crippen molar-refractivity contribution >= 4 is 23.1 Å². The highest BCUT2D eigenvalue weighted by molar-refractivity contribution is 6.51. The highest BCUT2D eigenvalue weighted by Crippen LogP contribution is 2.44. The summed E-state index contributed by atoms with van der Waals surface area (Å²) in [5.74, 6) is -4.44. The van der Waals surface area contributed by atoms with Crippen LogP contribution in [0, 0.1) is 17.5 Å². The Hall–Kier alpha value is -4.27. The Labute approximate surface area is 185 Å². The van der Waals surface area contributed by atoms with Crippen LogP contribution < -0.4 is 14.4 Å². The van der Waals surface area contributed by atoms with Crippen LogP contribution in [0.2, 0.25) is 0 Å². The molecule has 9 heteroatoms. The predicted molar refractivity (Wildman–Crippen MR) is 110 cm³/mol. The third-order valence-electron chi connectivity index (χ3n) is 5.44. The zero-order valence-corrected chi connectivity index (χ0v) is 16.7. The second-order valence-corrected chi connectivity index (χ2v) is 7.38. The quantitative estimate of drug-likeness (QED) is 0.360. The number of hydrogen-bond donors (Lipinski definition) is 1. The molecular formula is C24H14F3NO5. The van der Waals surface area contributed by atoms with Crippen LogP contribution in [0.25, 0.3) is 5.76 Å². The molecule has 1 amide bonds. The van der Waals surface area contributed by atoms with Gasteiger partial charge in [-0.15, -0.1) is 0 Å². The summed E-state index contributed by atoms with van der Waals surface area (Å²) in [5.41, 5.74) is -0.504. The van der Waals surface area contributed by atoms with Crippen molar-refractivity contribution in [2.75, 3.05) is 11.7 Å². The lowest BCUT2D eigenvalue weighted by Gasteiger charge is -2.25. The summed E-state index contributed by atoms with van der Waals surface area (Å²) in [7, 11) is 0. The number of ether oxygens (including phenoxy) is 2. The fourth-order valence-electron chi connectivity index (χ4n) is 3.91. The third-order valence-corrected chi connectivity index (χ3v) is 5.44. The topological polar surface area (TPSA) is 76.1 Å². The fourth-order valence-corrected chi connectivity index (χ4v) is 3.91. The van der Waals surface area contributed by atoms with Crippen LogP contribution in [0.4, 0.5) is 18.9 Å². The van der Waals surface area contributed by atoms with Gasteiger partial charge in [0.05, 0.1) is 17.3 Å². The Morgan fingerprint density at radius 1 is 0.879 bits per heavy atom. The van der Waals surface area contributed by atoms with Gasteiger partial charge in [-0.1, -0.05) is 12.1 Å². The van der Waals surface area contributed by atoms with Gasteiger partial charge in [-0.25, -0.2) is 13.2 Å². The Bertz CT molecular complexity index is 1340. The number of ketones is 1. The van der Waals surface area contributed by atoms with Gasteiger partial charge in [-0.2, -0.15) is 0 Å². The van der Waals surface area contributed by atoms with E-state index >= 15 is 0 Å². The molecule has 5 rings (SSSR count). The maximum Gasteiger partial charge on any atom is 0.300 e. The molecule has 1 atom stereocenters. The predicted octanol–water partition coefficient (Wildman–Crippen LogP) is 4.46. The normalized spacial score (nSPS) is 18.8. The molecule has 0 spiro atoms. The minimum atomic E-state index is -1.34. The summed E-state index contributed by atoms with van der Waals surface area (Å²) in [6, 6.07) is 10.3. The van der Waals surface area contributed by atoms with Gasteiger partial charge in [-0.05, 0) is 48.0 Å². The highest BCUT2D eigenvalue weighted by Gasteiger charge is 2.48. The highest BCUT2D eigenvalue weighted by atomic mass is 19.1. The molecule has 2 heterocycles. The first-order valence-corrected chi connectivity index (χ1v) is 9.76. The summed E-state index contributed by atoms with van der Waals surface area (Å²) in [4.78, 5) is 26.8. The number of nitrogens with zero attached hydrogens (tertiary/aromatic N) is 1. The number of carbonyl (C=O) groups excluding carboxylic acids is 2. The number of aliphatic hydroxyl groups excluding tert-OH is 1. The van der Waals surface area contributed by atoms with E-state index in [0.717, 1.165) is 35.2 Å². The monoisotopic (exact) mass is 453 g/mol. The van der Waals surface area contributed by atoms with E-state index in [1.165, 1.54) is 30.3 Å². The lowest BCUT2D eigenvalue weighted by atomic mass is 9.95. The van der Waals surface area contributed by atoms with Gasteiger partial charge in [-0.3, -0.25) is 14.5 Å². The van der Waals surface area contributed by atoms with Crippen molar-refractivity contribution in [2.24, 2.45) is 0 Å². The first kappa shape index (κ1) is 20.6. The van der Waals surface area contributed by atoms with Crippen LogP contribution in [0.1, 0.15) is 17.2 Å². The van der Waals surface area contributed by atoms with Gasteiger partial charge in [0, 0.05) is 11.6 Å². The van der Waals surface area contributed by atoms with Crippen LogP contribution in [-0.4, -0.2) is 23.6 Å². The maximum absolute atomic E-state index is 14.6. The van der Waals surface area contributed by atoms with Crippen molar-refractivity contribution in [2.45, 2.75) is 6.04 Å². The molecule has 1 fully saturated rings. The van der Waals surface area contributed by atoms with E-state index < -0.39 is 46.6 Å². The molecule has 2 aliphatic rings. The summed E-state index contributed by atoms with van der Waals surface area (Å²) < 4.78 is 52.7. The second-order valence-electron chi connectivity index (χ2n) is 7.38. The number of anilines is 1. The number of rotatable bonds is 3. The Balaban J connectivity index is 1.73. The van der Waals surface area contributed by atoms with Crippen molar-refractivity contribution < 1.29 is 37.3 Å². The maximum atomic E-state index is 14.6. The number of benzene rings is 3. The molecule has 166 valence electrons. The summed E-state index contributed by atoms with van der Waals surface area (Å²) in [5, 5.41) is 11.1. The van der Waals surface area contributed by atoms with Gasteiger partial charge < -0.3 is 14.6 Å². The van der Waals surface area contributed by atoms with Crippen LogP contribution in [-0.2, 0) is 9.59 Å². The molecule has 1 N–H and O–H groups in total. The third kappa shape index (κ3) is 3.38. The minimum absolute atomic E-state index is 0.0155. The Morgan fingerprint density at radius 3 is 2.33 bits per heavy atom. The first-order chi connectivity index (χ1) is 15.8. The van der Waals surface area contributed by atoms with Crippen molar-refractivity contribution in [3.05, 3.63) is 94.8 Å². The molecule has 33 heavy (non-hydrogen) atoms. The van der Waals surface area contributed by atoms with Crippen molar-refractivity contribution in [3.8, 4) is 11.5 Å². The molecule has 0 saturated carbocycles. The van der Waals surface area contributed by atoms with E-state index in [9.17, 15) is 27.9 Å². The van der Waals surface area contributed by atoms with E-state index in [-0.39, 0.29) is 23.5 Å². The number of carbonyl (C=O) groups is 2. The Morgan fingerprint density at radius 2 is 1.58 bits per heavy atom. The average Bonchev–Trinajstić information content (AvgIpc) is 3.38. The number of halogens is 3. The molecule has 3 aromatic carbocycles. The largest absolute Gasteiger partial charge is 0.507 e. The van der Waals surface area contributed by atoms with E-state index in [0.29, 0.717) is 11.5 Å². The standard InChI is InChI=1S/C24H14F3NO5/c25-14-4-1-12(2-5-14)21-20(22(29)13-3-8-18-19(9-13)33-11-32-18)23(30)24(31)28(21)17-10-15(26)6-7-16(17)27/h1-10,21,29H,11H2/b22-20-. The van der Waals surface area contributed by atoms with Crippen molar-refractivity contribution in [1.82, 2.24) is 0 Å². The van der Waals surface area contributed by atoms with Gasteiger partial charge in [0.1, 0.15) is 23.2 Å². The smallest absolute Gasteiger partial charge is 0.300 e. The molecule has 1 unspecified atom stereocenters. The lowest BCUT2D eigenvalue weighted by Crippen LogP contribution is -2.30. The SMILES string of the molecule is O=C1C(=O)N(c2cc(F)ccc2F)C(c2ccc(F)cc2)/C1=C(/O)c1ccc2c(c1)OCO2. The van der Waals surface area contributed by atoms with Crippen LogP contribution >= 0.6 is 0 Å². The van der Waals surface area contributed by atoms with E-state index in [1.54, 1.807) is 0 Å². The molecule has 0 bridgehead atoms. The van der Waals surface area contributed by atoms with Gasteiger partial charge in [0.2, 0.25) is 6.79 Å². The Kier molecular flexibility index (Phi) is 4.81. The van der Waals surface area contributed by atoms with Gasteiger partial charge in [0.25, 0.3) is 11.7 Å². The van der Waals surface area contributed by atoms with Crippen molar-refractivity contribution in [3.63, 3.8) is 0 Å². The lowest BCUT2D eigenvalue weighted by molar-refractivity contribution is -0.132. The molecular weight excluding hydrogens is 439 g/mol. The van der Waals surface area contributed by atoms with E-state index in [1.807, 2.05) is 0 Å². The van der Waals surface area contributed by atoms with Crippen LogP contribution in [0.3, 0.4) is 0 Å². The zero-order chi connectivity index (χ0) is 23.3. The van der Waals surface area contributed by atoms with Gasteiger partial charge >= 0.3 is 0 Å². The molecule has 3 aromatic rings. The first-order valence-electron chi connectivity index (χ1n) is 9.76. The molecule has 0 radical (unpaired) electrons. The van der Waals surface area contributed by atoms with E-state index in [4.69, 9.17) is 9.47 Å². The van der Waals surface area contributed by atoms with Crippen LogP contribution in [0.15, 0.2) is 66.2 Å². The average molecular weight is 453 g/mol. The van der Waals surface area contributed by atoms with Crippen LogP contribution in [0.5, 0.6) is 11.5 Å². The summed E-state index contributed by atoms with van der Waals surface area (Å²) in [6.45, 7) is -0.0155. The number of fused-ring (bicyclic) bond motifs is 1. The van der Waals surface area contributed by atoms with Crippen molar-refractivity contribution in [1.29, 1.82) is 0 Å². The number of aliphatic hydroxyl groups is 1. The number of amides is 1. The minimum Gasteiger partial charge on any atom is -0.507 e. The number of Topliss-reactive ketones (excluding diaryl/α,β-unsaturated/α-hetero) is 1. The molecule has 0 aliphatic carbocycles. The summed E-state index contributed by atoms with van der Waals surface area (Å²) >= 11 is 0. The van der Waals surface area contributed by atoms with Gasteiger partial charge in [0.15, 0.2) is 11.5 Å². The molecule has 6 nitrogen and oxygen atoms in total. The molecule has 1 saturated heterocycles.